The molecule has 3 heterocycles. The Morgan fingerprint density at radius 1 is 1.42 bits per heavy atom. The molecule has 2 aliphatic heterocycles. The van der Waals surface area contributed by atoms with Crippen LogP contribution in [-0.2, 0) is 24.8 Å². The van der Waals surface area contributed by atoms with E-state index in [4.69, 9.17) is 9.26 Å². The topological polar surface area (TPSA) is 159 Å². The van der Waals surface area contributed by atoms with Crippen molar-refractivity contribution in [1.82, 2.24) is 15.7 Å². The van der Waals surface area contributed by atoms with Gasteiger partial charge < -0.3 is 24.8 Å². The lowest BCUT2D eigenvalue weighted by Crippen LogP contribution is -2.35. The van der Waals surface area contributed by atoms with Crippen LogP contribution in [0.3, 0.4) is 0 Å². The zero-order chi connectivity index (χ0) is 16.6. The van der Waals surface area contributed by atoms with E-state index in [0.29, 0.717) is 12.0 Å². The molecule has 2 fully saturated rings. The summed E-state index contributed by atoms with van der Waals surface area (Å²) >= 11 is 0. The number of fused-ring (bicyclic) bond motifs is 1. The molecule has 0 radical (unpaired) electrons. The predicted octanol–water partition coefficient (Wildman–Crippen LogP) is 0.427. The summed E-state index contributed by atoms with van der Waals surface area (Å²) in [6, 6.07) is 0. The Balaban J connectivity index is 0.00000208. The van der Waals surface area contributed by atoms with Gasteiger partial charge in [0.1, 0.15) is 12.3 Å². The molecule has 11 heteroatoms. The summed E-state index contributed by atoms with van der Waals surface area (Å²) in [6.45, 7) is 1.87. The van der Waals surface area contributed by atoms with Crippen molar-refractivity contribution in [2.75, 3.05) is 6.61 Å². The molecule has 4 atom stereocenters. The molecule has 5 N–H and O–H groups in total. The first-order valence-electron chi connectivity index (χ1n) is 7.53. The first-order valence-corrected chi connectivity index (χ1v) is 8.99. The van der Waals surface area contributed by atoms with Crippen LogP contribution in [0.5, 0.6) is 0 Å². The molecule has 24 heavy (non-hydrogen) atoms. The Morgan fingerprint density at radius 2 is 2.17 bits per heavy atom. The van der Waals surface area contributed by atoms with Gasteiger partial charge in [-0.3, -0.25) is 18.9 Å². The van der Waals surface area contributed by atoms with Crippen LogP contribution in [0.4, 0.5) is 0 Å². The van der Waals surface area contributed by atoms with Crippen LogP contribution < -0.4 is 22.3 Å². The lowest BCUT2D eigenvalue weighted by Gasteiger charge is -2.33. The molecule has 0 bridgehead atoms. The van der Waals surface area contributed by atoms with Gasteiger partial charge in [-0.2, -0.15) is 0 Å². The summed E-state index contributed by atoms with van der Waals surface area (Å²) < 4.78 is 27.7. The van der Waals surface area contributed by atoms with Gasteiger partial charge in [0.15, 0.2) is 0 Å². The van der Waals surface area contributed by atoms with Crippen LogP contribution in [0.25, 0.3) is 0 Å². The smallest absolute Gasteiger partial charge is 0.330 e. The SMILES string of the molecule is CCCCc1cn(C2CC3OP(=O)([O-])OCC3O2)c(=O)[nH]c1=O.[NH4+]. The molecule has 0 amide bonds. The van der Waals surface area contributed by atoms with Gasteiger partial charge in [0.05, 0.1) is 12.7 Å². The van der Waals surface area contributed by atoms with E-state index in [-0.39, 0.29) is 19.2 Å². The highest BCUT2D eigenvalue weighted by Crippen LogP contribution is 2.49. The van der Waals surface area contributed by atoms with Crippen LogP contribution in [-0.4, -0.2) is 28.4 Å². The van der Waals surface area contributed by atoms with Gasteiger partial charge in [-0.1, -0.05) is 13.3 Å². The normalized spacial score (nSPS) is 32.2. The molecule has 1 aromatic heterocycles. The number of phosphoric ester groups is 1. The number of hydrogen-bond donors (Lipinski definition) is 2. The van der Waals surface area contributed by atoms with Gasteiger partial charge in [0, 0.05) is 18.2 Å². The fourth-order valence-electron chi connectivity index (χ4n) is 2.78. The maximum atomic E-state index is 12.0. The molecule has 1 aromatic rings. The van der Waals surface area contributed by atoms with Crippen LogP contribution in [0, 0.1) is 0 Å². The molecule has 4 unspecified atom stereocenters. The Kier molecular flexibility index (Phi) is 5.79. The van der Waals surface area contributed by atoms with Crippen molar-refractivity contribution in [2.45, 2.75) is 51.0 Å². The molecule has 2 aliphatic rings. The van der Waals surface area contributed by atoms with Gasteiger partial charge >= 0.3 is 5.69 Å². The van der Waals surface area contributed by atoms with Crippen molar-refractivity contribution in [3.05, 3.63) is 32.6 Å². The summed E-state index contributed by atoms with van der Waals surface area (Å²) in [5.41, 5.74) is -0.500. The number of aryl methyl sites for hydroxylation is 1. The Bertz CT molecular complexity index is 746. The highest BCUT2D eigenvalue weighted by Gasteiger charge is 2.43. The summed E-state index contributed by atoms with van der Waals surface area (Å²) in [4.78, 5) is 37.4. The van der Waals surface area contributed by atoms with E-state index in [9.17, 15) is 19.0 Å². The number of aromatic amines is 1. The quantitative estimate of drug-likeness (QED) is 0.733. The molecule has 0 aromatic carbocycles. The molecule has 136 valence electrons. The van der Waals surface area contributed by atoms with Crippen molar-refractivity contribution in [1.29, 1.82) is 0 Å². The number of aromatic nitrogens is 2. The van der Waals surface area contributed by atoms with E-state index in [1.807, 2.05) is 6.92 Å². The second-order valence-electron chi connectivity index (χ2n) is 5.68. The highest BCUT2D eigenvalue weighted by molar-refractivity contribution is 7.45. The van der Waals surface area contributed by atoms with Crippen molar-refractivity contribution in [2.24, 2.45) is 0 Å². The maximum Gasteiger partial charge on any atom is 0.330 e. The molecular weight excluding hydrogens is 341 g/mol. The number of unbranched alkanes of at least 4 members (excludes halogenated alkanes) is 1. The van der Waals surface area contributed by atoms with Crippen LogP contribution >= 0.6 is 7.82 Å². The summed E-state index contributed by atoms with van der Waals surface area (Å²) in [5, 5.41) is 0. The Labute approximate surface area is 137 Å². The molecule has 2 saturated heterocycles. The third kappa shape index (κ3) is 3.85. The number of H-pyrrole nitrogens is 1. The van der Waals surface area contributed by atoms with Crippen LogP contribution in [0.2, 0.25) is 0 Å². The number of rotatable bonds is 4. The summed E-state index contributed by atoms with van der Waals surface area (Å²) in [5.74, 6) is 0. The number of phosphoric acid groups is 1. The minimum absolute atomic E-state index is 0. The maximum absolute atomic E-state index is 12.0. The second kappa shape index (κ2) is 7.30. The first-order chi connectivity index (χ1) is 10.9. The third-order valence-electron chi connectivity index (χ3n) is 3.99. The Hall–Kier alpha value is -1.29. The fraction of sp³-hybridized carbons (Fsp3) is 0.692. The minimum atomic E-state index is -4.29. The number of nitrogens with zero attached hydrogens (tertiary/aromatic N) is 1. The van der Waals surface area contributed by atoms with Crippen LogP contribution in [0.1, 0.15) is 38.0 Å². The molecular formula is C13H22N3O7P. The number of ether oxygens (including phenoxy) is 1. The number of nitrogens with one attached hydrogen (secondary N) is 1. The fourth-order valence-corrected chi connectivity index (χ4v) is 3.72. The average Bonchev–Trinajstić information content (AvgIpc) is 2.87. The molecule has 10 nitrogen and oxygen atoms in total. The number of quaternary nitrogens is 1. The monoisotopic (exact) mass is 363 g/mol. The van der Waals surface area contributed by atoms with Crippen molar-refractivity contribution >= 4 is 7.82 Å². The molecule has 3 rings (SSSR count). The molecule has 0 aliphatic carbocycles. The average molecular weight is 363 g/mol. The van der Waals surface area contributed by atoms with E-state index >= 15 is 0 Å². The van der Waals surface area contributed by atoms with Gasteiger partial charge in [-0.05, 0) is 12.8 Å². The van der Waals surface area contributed by atoms with Crippen LogP contribution in [0.15, 0.2) is 15.8 Å². The van der Waals surface area contributed by atoms with Gasteiger partial charge in [-0.25, -0.2) is 4.79 Å². The third-order valence-corrected chi connectivity index (χ3v) is 4.99. The lowest BCUT2D eigenvalue weighted by molar-refractivity contribution is -0.243. The van der Waals surface area contributed by atoms with E-state index in [1.54, 1.807) is 0 Å². The van der Waals surface area contributed by atoms with Gasteiger partial charge in [0.25, 0.3) is 13.4 Å². The minimum Gasteiger partial charge on any atom is -0.756 e. The largest absolute Gasteiger partial charge is 0.756 e. The molecule has 0 saturated carbocycles. The summed E-state index contributed by atoms with van der Waals surface area (Å²) in [6.07, 6.45) is 2.04. The van der Waals surface area contributed by atoms with E-state index in [1.165, 1.54) is 10.8 Å². The van der Waals surface area contributed by atoms with Crippen molar-refractivity contribution in [3.8, 4) is 0 Å². The van der Waals surface area contributed by atoms with Gasteiger partial charge in [0.2, 0.25) is 0 Å². The Morgan fingerprint density at radius 3 is 2.88 bits per heavy atom. The van der Waals surface area contributed by atoms with E-state index in [2.05, 4.69) is 9.51 Å². The zero-order valence-electron chi connectivity index (χ0n) is 13.6. The van der Waals surface area contributed by atoms with Gasteiger partial charge in [-0.15, -0.1) is 0 Å². The highest BCUT2D eigenvalue weighted by atomic mass is 31.2. The van der Waals surface area contributed by atoms with E-state index in [0.717, 1.165) is 12.8 Å². The van der Waals surface area contributed by atoms with Crippen molar-refractivity contribution in [3.63, 3.8) is 0 Å². The molecule has 0 spiro atoms. The second-order valence-corrected chi connectivity index (χ2v) is 7.04. The first kappa shape index (κ1) is 19.0. The van der Waals surface area contributed by atoms with Crippen molar-refractivity contribution < 1.29 is 23.2 Å². The lowest BCUT2D eigenvalue weighted by atomic mass is 10.1. The number of hydrogen-bond acceptors (Lipinski definition) is 7. The predicted molar refractivity (Wildman–Crippen MR) is 82.9 cm³/mol. The van der Waals surface area contributed by atoms with E-state index < -0.39 is 37.5 Å². The zero-order valence-corrected chi connectivity index (χ0v) is 14.5. The summed E-state index contributed by atoms with van der Waals surface area (Å²) in [7, 11) is -4.29. The standard InChI is InChI=1S/C13H19N2O7P.H3N/c1-2-3-4-8-6-15(13(17)14-12(8)16)11-5-9-10(21-11)7-20-23(18,19)22-9;/h6,9-11H,2-5,7H2,1H3,(H,18,19)(H,14,16,17);1H3.